The number of carbonyl (C=O) groups excluding carboxylic acids is 1. The van der Waals surface area contributed by atoms with Gasteiger partial charge >= 0.3 is 178 Å². The molecule has 0 fully saturated rings. The average Bonchev–Trinajstić information content (AvgIpc) is 2.89. The molecule has 0 bridgehead atoms. The molecule has 0 saturated heterocycles. The van der Waals surface area contributed by atoms with E-state index < -0.39 is 8.32 Å². The van der Waals surface area contributed by atoms with Crippen molar-refractivity contribution in [2.24, 2.45) is 0 Å². The average molecular weight is 583 g/mol. The molecule has 0 N–H and O–H groups in total. The van der Waals surface area contributed by atoms with Gasteiger partial charge < -0.3 is 0 Å². The molecular weight excluding hydrogens is 556 g/mol. The van der Waals surface area contributed by atoms with Crippen LogP contribution in [0.5, 0.6) is 0 Å². The monoisotopic (exact) mass is 583 g/mol. The molecule has 0 aliphatic heterocycles. The summed E-state index contributed by atoms with van der Waals surface area (Å²) in [4.78, 5) is 24.7. The number of aromatic nitrogens is 4. The van der Waals surface area contributed by atoms with Crippen LogP contribution in [-0.2, 0) is 27.1 Å². The third-order valence-corrected chi connectivity index (χ3v) is 9.99. The molecule has 2 rings (SSSR count). The van der Waals surface area contributed by atoms with Crippen molar-refractivity contribution in [1.29, 1.82) is 0 Å². The van der Waals surface area contributed by atoms with Gasteiger partial charge in [0.25, 0.3) is 0 Å². The first kappa shape index (κ1) is 22.2. The molecule has 9 heteroatoms. The van der Waals surface area contributed by atoms with Crippen LogP contribution in [0.4, 0.5) is 0 Å². The minimum absolute atomic E-state index is 0.109. The van der Waals surface area contributed by atoms with Crippen molar-refractivity contribution in [3.63, 3.8) is 0 Å². The van der Waals surface area contributed by atoms with E-state index >= 15 is 0 Å². The second kappa shape index (κ2) is 8.91. The minimum atomic E-state index is -1.84. The van der Waals surface area contributed by atoms with Crippen LogP contribution in [0.3, 0.4) is 0 Å². The van der Waals surface area contributed by atoms with Crippen LogP contribution >= 0.6 is 0 Å². The topological polar surface area (TPSA) is 79.1 Å². The molecule has 0 atom stereocenters. The quantitative estimate of drug-likeness (QED) is 0.369. The van der Waals surface area contributed by atoms with Crippen molar-refractivity contribution in [2.75, 3.05) is 6.61 Å². The number of hydrogen-bond donors (Lipinski definition) is 0. The number of ether oxygens (including phenoxy) is 1. The predicted molar refractivity (Wildman–Crippen MR) is 109 cm³/mol. The van der Waals surface area contributed by atoms with E-state index in [1.165, 1.54) is 6.92 Å². The zero-order chi connectivity index (χ0) is 20.2. The van der Waals surface area contributed by atoms with Gasteiger partial charge in [-0.25, -0.2) is 0 Å². The number of fused-ring (bicyclic) bond motifs is 1. The summed E-state index contributed by atoms with van der Waals surface area (Å²) in [6.45, 7) is 13.8. The summed E-state index contributed by atoms with van der Waals surface area (Å²) >= 11 is 0.943. The summed E-state index contributed by atoms with van der Waals surface area (Å²) in [7, 11) is -1.84. The number of rotatable bonds is 7. The number of esters is 1. The first-order valence-electron chi connectivity index (χ1n) is 8.88. The van der Waals surface area contributed by atoms with Crippen molar-refractivity contribution in [3.05, 3.63) is 21.5 Å². The third-order valence-electron chi connectivity index (χ3n) is 4.81. The van der Waals surface area contributed by atoms with E-state index in [1.54, 1.807) is 6.20 Å². The van der Waals surface area contributed by atoms with E-state index in [0.717, 1.165) is 31.4 Å². The molecule has 0 unspecified atom stereocenters. The molecule has 145 valence electrons. The van der Waals surface area contributed by atoms with Crippen LogP contribution in [0.15, 0.2) is 9.83 Å². The van der Waals surface area contributed by atoms with Gasteiger partial charge in [-0.05, 0) is 0 Å². The maximum absolute atomic E-state index is 11.2. The van der Waals surface area contributed by atoms with Gasteiger partial charge in [0.1, 0.15) is 0 Å². The first-order valence-corrected chi connectivity index (χ1v) is 14.0. The summed E-state index contributed by atoms with van der Waals surface area (Å²) < 4.78 is 15.5. The summed E-state index contributed by atoms with van der Waals surface area (Å²) in [6, 6.07) is 0. The van der Waals surface area contributed by atoms with Gasteiger partial charge in [-0.15, -0.1) is 0 Å². The number of hydrogen-bond acceptors (Lipinski definition) is 6. The van der Waals surface area contributed by atoms with Gasteiger partial charge in [-0.3, -0.25) is 0 Å². The summed E-state index contributed by atoms with van der Waals surface area (Å²) in [5.41, 5.74) is 1.43. The SMILES string of the molecule is CC(=O)OCc1nc2cnc(/C=[CH]/[Pb])nc2n1CCO[Si](C)(C)C(C)(C)C. The molecule has 3 radical (unpaired) electrons. The Morgan fingerprint density at radius 1 is 1.33 bits per heavy atom. The molecule has 0 aromatic carbocycles. The van der Waals surface area contributed by atoms with Crippen molar-refractivity contribution in [2.45, 2.75) is 59.0 Å². The normalized spacial score (nSPS) is 12.9. The molecule has 0 aliphatic carbocycles. The Labute approximate surface area is 177 Å². The summed E-state index contributed by atoms with van der Waals surface area (Å²) in [5.74, 6) is 0.972. The first-order chi connectivity index (χ1) is 12.5. The Balaban J connectivity index is 2.31. The fourth-order valence-corrected chi connectivity index (χ4v) is 3.87. The van der Waals surface area contributed by atoms with E-state index in [-0.39, 0.29) is 17.6 Å². The number of carbonyl (C=O) groups is 1. The van der Waals surface area contributed by atoms with E-state index in [0.29, 0.717) is 30.3 Å². The molecule has 0 saturated carbocycles. The molecule has 0 spiro atoms. The number of nitrogens with zero attached hydrogens (tertiary/aromatic N) is 4. The van der Waals surface area contributed by atoms with E-state index in [1.807, 2.05) is 14.3 Å². The van der Waals surface area contributed by atoms with Gasteiger partial charge in [-0.1, -0.05) is 0 Å². The maximum atomic E-state index is 11.2. The zero-order valence-corrected chi connectivity index (χ0v) is 21.8. The Morgan fingerprint density at radius 3 is 2.63 bits per heavy atom. The van der Waals surface area contributed by atoms with Crippen molar-refractivity contribution in [3.8, 4) is 0 Å². The molecular formula is C18H27N4O3PbSi. The fraction of sp³-hybridized carbons (Fsp3) is 0.556. The van der Waals surface area contributed by atoms with E-state index in [2.05, 4.69) is 48.8 Å². The molecule has 7 nitrogen and oxygen atoms in total. The molecule has 2 heterocycles. The Morgan fingerprint density at radius 2 is 2.04 bits per heavy atom. The van der Waals surface area contributed by atoms with Gasteiger partial charge in [-0.2, -0.15) is 0 Å². The van der Waals surface area contributed by atoms with Gasteiger partial charge in [0.2, 0.25) is 0 Å². The van der Waals surface area contributed by atoms with Crippen LogP contribution in [0.1, 0.15) is 39.3 Å². The van der Waals surface area contributed by atoms with Crippen LogP contribution in [0.2, 0.25) is 18.1 Å². The Hall–Kier alpha value is -1.14. The van der Waals surface area contributed by atoms with Crippen LogP contribution in [-0.4, -0.2) is 66.2 Å². The second-order valence-corrected chi connectivity index (χ2v) is 13.9. The van der Waals surface area contributed by atoms with E-state index in [4.69, 9.17) is 9.16 Å². The van der Waals surface area contributed by atoms with E-state index in [9.17, 15) is 4.79 Å². The van der Waals surface area contributed by atoms with Gasteiger partial charge in [0.15, 0.2) is 0 Å². The van der Waals surface area contributed by atoms with Crippen LogP contribution in [0.25, 0.3) is 17.2 Å². The molecule has 27 heavy (non-hydrogen) atoms. The predicted octanol–water partition coefficient (Wildman–Crippen LogP) is 3.05. The Bertz CT molecular complexity index is 843. The van der Waals surface area contributed by atoms with Gasteiger partial charge in [0, 0.05) is 0 Å². The Kier molecular flexibility index (Phi) is 7.31. The van der Waals surface area contributed by atoms with Crippen molar-refractivity contribution in [1.82, 2.24) is 19.5 Å². The molecule has 0 aliphatic rings. The van der Waals surface area contributed by atoms with Crippen molar-refractivity contribution >= 4 is 57.3 Å². The summed E-state index contributed by atoms with van der Waals surface area (Å²) in [6.07, 6.45) is 3.61. The zero-order valence-electron chi connectivity index (χ0n) is 16.9. The molecule has 0 amide bonds. The van der Waals surface area contributed by atoms with Crippen LogP contribution < -0.4 is 0 Å². The fourth-order valence-electron chi connectivity index (χ4n) is 2.25. The van der Waals surface area contributed by atoms with Crippen molar-refractivity contribution < 1.29 is 14.0 Å². The summed E-state index contributed by atoms with van der Waals surface area (Å²) in [5, 5.41) is 0.149. The van der Waals surface area contributed by atoms with Gasteiger partial charge in [0.05, 0.1) is 0 Å². The molecule has 2 aromatic rings. The third kappa shape index (κ3) is 5.67. The second-order valence-electron chi connectivity index (χ2n) is 7.84. The number of imidazole rings is 1. The molecule has 2 aromatic heterocycles. The standard InChI is InChI=1S/C18H27N4O3Si.Pb/c1-8-15-19-11-14-17(21-15)22(16(20-14)12-24-13(2)23)9-10-25-26(6,7)18(3,4)5;/h1,8,11H,9-10,12H2,2-7H3;. The van der Waals surface area contributed by atoms with Crippen LogP contribution in [0, 0.1) is 0 Å².